The maximum absolute atomic E-state index is 14.2. The van der Waals surface area contributed by atoms with Crippen molar-refractivity contribution in [1.82, 2.24) is 5.32 Å². The van der Waals surface area contributed by atoms with Gasteiger partial charge in [0.25, 0.3) is 0 Å². The van der Waals surface area contributed by atoms with Crippen LogP contribution in [0.5, 0.6) is 0 Å². The molecule has 1 aromatic heterocycles. The van der Waals surface area contributed by atoms with Crippen LogP contribution in [0.4, 0.5) is 4.39 Å². The molecule has 1 aliphatic carbocycles. The molecule has 1 aliphatic rings. The summed E-state index contributed by atoms with van der Waals surface area (Å²) in [5.41, 5.74) is 0.789. The van der Waals surface area contributed by atoms with Crippen LogP contribution in [0, 0.1) is 5.82 Å². The molecule has 114 valence electrons. The topological polar surface area (TPSA) is 21.3 Å². The molecule has 1 aromatic carbocycles. The molecule has 0 atom stereocenters. The summed E-state index contributed by atoms with van der Waals surface area (Å²) < 4.78 is 21.1. The molecule has 1 fully saturated rings. The Bertz CT molecular complexity index is 640. The predicted octanol–water partition coefficient (Wildman–Crippen LogP) is 4.61. The molecule has 2 aromatic rings. The summed E-state index contributed by atoms with van der Waals surface area (Å²) in [5, 5.41) is 4.26. The van der Waals surface area contributed by atoms with Crippen molar-refractivity contribution in [1.29, 1.82) is 0 Å². The Hall–Kier alpha value is -0.970. The van der Waals surface area contributed by atoms with Crippen LogP contribution in [-0.2, 0) is 17.9 Å². The number of rotatable bonds is 5. The van der Waals surface area contributed by atoms with E-state index in [9.17, 15) is 4.39 Å². The molecule has 0 unspecified atom stereocenters. The first-order valence-corrected chi connectivity index (χ1v) is 8.32. The van der Waals surface area contributed by atoms with Gasteiger partial charge in [0, 0.05) is 33.1 Å². The van der Waals surface area contributed by atoms with Crippen LogP contribution in [0.15, 0.2) is 18.2 Å². The highest BCUT2D eigenvalue weighted by atomic mass is 32.1. The van der Waals surface area contributed by atoms with Gasteiger partial charge >= 0.3 is 0 Å². The van der Waals surface area contributed by atoms with Gasteiger partial charge in [-0.05, 0) is 45.7 Å². The molecule has 1 N–H and O–H groups in total. The average molecular weight is 307 g/mol. The highest BCUT2D eigenvalue weighted by molar-refractivity contribution is 7.19. The Kier molecular flexibility index (Phi) is 4.04. The average Bonchev–Trinajstić information content (AvgIpc) is 3.15. The highest BCUT2D eigenvalue weighted by Crippen LogP contribution is 2.35. The minimum atomic E-state index is -0.222. The van der Waals surface area contributed by atoms with Crippen molar-refractivity contribution in [2.75, 3.05) is 0 Å². The third-order valence-electron chi connectivity index (χ3n) is 3.63. The smallest absolute Gasteiger partial charge is 0.132 e. The minimum absolute atomic E-state index is 0.145. The van der Waals surface area contributed by atoms with Crippen molar-refractivity contribution >= 4 is 21.4 Å². The molecular formula is C17H22FNOS. The van der Waals surface area contributed by atoms with Crippen molar-refractivity contribution in [2.24, 2.45) is 0 Å². The molecule has 1 heterocycles. The summed E-state index contributed by atoms with van der Waals surface area (Å²) in [5.74, 6) is -0.145. The molecule has 4 heteroatoms. The summed E-state index contributed by atoms with van der Waals surface area (Å²) in [6.45, 7) is 7.36. The molecule has 0 bridgehead atoms. The number of thiophene rings is 1. The molecule has 21 heavy (non-hydrogen) atoms. The molecule has 2 nitrogen and oxygen atoms in total. The Balaban J connectivity index is 1.92. The number of ether oxygens (including phenoxy) is 1. The first kappa shape index (κ1) is 14.9. The van der Waals surface area contributed by atoms with E-state index in [1.54, 1.807) is 17.4 Å². The standard InChI is InChI=1S/C17H22FNOS/c1-17(2,3)20-10-12-15(9-19-11-7-8-11)21-14-6-4-5-13(18)16(12)14/h4-6,11,19H,7-10H2,1-3H3. The Morgan fingerprint density at radius 3 is 2.76 bits per heavy atom. The van der Waals surface area contributed by atoms with Crippen molar-refractivity contribution in [3.05, 3.63) is 34.5 Å². The van der Waals surface area contributed by atoms with Gasteiger partial charge in [0.15, 0.2) is 0 Å². The van der Waals surface area contributed by atoms with E-state index < -0.39 is 0 Å². The zero-order valence-corrected chi connectivity index (χ0v) is 13.6. The van der Waals surface area contributed by atoms with Gasteiger partial charge in [-0.1, -0.05) is 6.07 Å². The number of halogens is 1. The highest BCUT2D eigenvalue weighted by Gasteiger charge is 2.23. The number of hydrogen-bond acceptors (Lipinski definition) is 3. The van der Waals surface area contributed by atoms with Gasteiger partial charge in [-0.25, -0.2) is 4.39 Å². The van der Waals surface area contributed by atoms with E-state index in [4.69, 9.17) is 4.74 Å². The normalized spacial score (nSPS) is 15.8. The lowest BCUT2D eigenvalue weighted by molar-refractivity contribution is -0.0146. The lowest BCUT2D eigenvalue weighted by Crippen LogP contribution is -2.20. The van der Waals surface area contributed by atoms with Crippen LogP contribution < -0.4 is 5.32 Å². The molecular weight excluding hydrogens is 285 g/mol. The van der Waals surface area contributed by atoms with Gasteiger partial charge in [-0.3, -0.25) is 0 Å². The lowest BCUT2D eigenvalue weighted by Gasteiger charge is -2.20. The first-order chi connectivity index (χ1) is 9.94. The summed E-state index contributed by atoms with van der Waals surface area (Å²) in [4.78, 5) is 1.20. The van der Waals surface area contributed by atoms with Crippen LogP contribution in [0.3, 0.4) is 0 Å². The van der Waals surface area contributed by atoms with Crippen LogP contribution in [0.1, 0.15) is 44.1 Å². The van der Waals surface area contributed by atoms with E-state index in [-0.39, 0.29) is 11.4 Å². The molecule has 0 aliphatic heterocycles. The molecule has 0 spiro atoms. The zero-order valence-electron chi connectivity index (χ0n) is 12.8. The molecule has 0 radical (unpaired) electrons. The van der Waals surface area contributed by atoms with Crippen molar-refractivity contribution in [3.8, 4) is 0 Å². The van der Waals surface area contributed by atoms with Gasteiger partial charge in [0.1, 0.15) is 5.82 Å². The fourth-order valence-corrected chi connectivity index (χ4v) is 3.50. The van der Waals surface area contributed by atoms with E-state index in [0.29, 0.717) is 12.6 Å². The Morgan fingerprint density at radius 2 is 2.10 bits per heavy atom. The monoisotopic (exact) mass is 307 g/mol. The van der Waals surface area contributed by atoms with Crippen LogP contribution >= 0.6 is 11.3 Å². The number of hydrogen-bond donors (Lipinski definition) is 1. The van der Waals surface area contributed by atoms with E-state index >= 15 is 0 Å². The SMILES string of the molecule is CC(C)(C)OCc1c(CNC2CC2)sc2cccc(F)c12. The molecule has 1 saturated carbocycles. The minimum Gasteiger partial charge on any atom is -0.371 e. The van der Waals surface area contributed by atoms with Crippen molar-refractivity contribution in [3.63, 3.8) is 0 Å². The fraction of sp³-hybridized carbons (Fsp3) is 0.529. The lowest BCUT2D eigenvalue weighted by atomic mass is 10.1. The van der Waals surface area contributed by atoms with Gasteiger partial charge < -0.3 is 10.1 Å². The van der Waals surface area contributed by atoms with Crippen molar-refractivity contribution in [2.45, 2.75) is 58.4 Å². The summed E-state index contributed by atoms with van der Waals surface area (Å²) in [7, 11) is 0. The maximum Gasteiger partial charge on any atom is 0.132 e. The van der Waals surface area contributed by atoms with Crippen molar-refractivity contribution < 1.29 is 9.13 Å². The summed E-state index contributed by atoms with van der Waals surface area (Å²) in [6.07, 6.45) is 2.51. The second-order valence-corrected chi connectivity index (χ2v) is 7.81. The van der Waals surface area contributed by atoms with Gasteiger partial charge in [0.05, 0.1) is 12.2 Å². The number of nitrogens with one attached hydrogen (secondary N) is 1. The van der Waals surface area contributed by atoms with Gasteiger partial charge in [0.2, 0.25) is 0 Å². The third-order valence-corrected chi connectivity index (χ3v) is 4.82. The van der Waals surface area contributed by atoms with E-state index in [2.05, 4.69) is 5.32 Å². The van der Waals surface area contributed by atoms with E-state index in [1.165, 1.54) is 23.8 Å². The molecule has 0 amide bonds. The van der Waals surface area contributed by atoms with E-state index in [0.717, 1.165) is 22.2 Å². The number of fused-ring (bicyclic) bond motifs is 1. The van der Waals surface area contributed by atoms with Gasteiger partial charge in [-0.15, -0.1) is 11.3 Å². The van der Waals surface area contributed by atoms with E-state index in [1.807, 2.05) is 26.8 Å². The van der Waals surface area contributed by atoms with Crippen LogP contribution in [0.25, 0.3) is 10.1 Å². The fourth-order valence-electron chi connectivity index (χ4n) is 2.32. The number of benzene rings is 1. The Labute approximate surface area is 129 Å². The second kappa shape index (κ2) is 5.67. The Morgan fingerprint density at radius 1 is 1.33 bits per heavy atom. The third kappa shape index (κ3) is 3.62. The first-order valence-electron chi connectivity index (χ1n) is 7.50. The van der Waals surface area contributed by atoms with Gasteiger partial charge in [-0.2, -0.15) is 0 Å². The zero-order chi connectivity index (χ0) is 15.0. The summed E-state index contributed by atoms with van der Waals surface area (Å²) >= 11 is 1.68. The maximum atomic E-state index is 14.2. The second-order valence-electron chi connectivity index (χ2n) is 6.67. The predicted molar refractivity (Wildman–Crippen MR) is 86.2 cm³/mol. The molecule has 3 rings (SSSR count). The van der Waals surface area contributed by atoms with Crippen LogP contribution in [-0.4, -0.2) is 11.6 Å². The summed E-state index contributed by atoms with van der Waals surface area (Å²) in [6, 6.07) is 5.95. The quantitative estimate of drug-likeness (QED) is 0.871. The largest absolute Gasteiger partial charge is 0.371 e. The molecule has 0 saturated heterocycles. The van der Waals surface area contributed by atoms with Crippen LogP contribution in [0.2, 0.25) is 0 Å².